The van der Waals surface area contributed by atoms with Gasteiger partial charge in [0.1, 0.15) is 17.1 Å². The van der Waals surface area contributed by atoms with Crippen LogP contribution in [0.15, 0.2) is 80.7 Å². The molecule has 0 bridgehead atoms. The van der Waals surface area contributed by atoms with E-state index in [4.69, 9.17) is 8.83 Å². The van der Waals surface area contributed by atoms with Crippen molar-refractivity contribution in [3.05, 3.63) is 83.8 Å². The standard InChI is InChI=1S/C22H16N2O4/c1-14(25)15-6-8-16(9-7-15)20-11-10-18(27-20)13-23-24-22(26)21-12-17-4-2-3-5-19(17)28-21/h2-13H,1H3,(H,24,26)/b23-13+. The Morgan fingerprint density at radius 2 is 1.75 bits per heavy atom. The van der Waals surface area contributed by atoms with E-state index in [1.807, 2.05) is 30.3 Å². The van der Waals surface area contributed by atoms with E-state index < -0.39 is 5.91 Å². The molecule has 0 unspecified atom stereocenters. The second-order valence-corrected chi connectivity index (χ2v) is 6.18. The summed E-state index contributed by atoms with van der Waals surface area (Å²) in [4.78, 5) is 23.5. The first-order valence-electron chi connectivity index (χ1n) is 8.63. The third kappa shape index (κ3) is 3.61. The van der Waals surface area contributed by atoms with Gasteiger partial charge in [0.05, 0.1) is 6.21 Å². The third-order valence-corrected chi connectivity index (χ3v) is 4.21. The zero-order chi connectivity index (χ0) is 19.5. The zero-order valence-corrected chi connectivity index (χ0v) is 15.0. The molecule has 0 aliphatic rings. The number of Topliss-reactive ketones (excluding diaryl/α,β-unsaturated/α-hetero) is 1. The number of hydrogen-bond donors (Lipinski definition) is 1. The van der Waals surface area contributed by atoms with Crippen LogP contribution in [0.5, 0.6) is 0 Å². The first-order valence-corrected chi connectivity index (χ1v) is 8.63. The Morgan fingerprint density at radius 3 is 2.50 bits per heavy atom. The van der Waals surface area contributed by atoms with Crippen LogP contribution in [0.4, 0.5) is 0 Å². The van der Waals surface area contributed by atoms with Gasteiger partial charge in [-0.3, -0.25) is 9.59 Å². The summed E-state index contributed by atoms with van der Waals surface area (Å²) in [5, 5.41) is 4.76. The van der Waals surface area contributed by atoms with E-state index in [1.165, 1.54) is 13.1 Å². The molecule has 4 rings (SSSR count). The zero-order valence-electron chi connectivity index (χ0n) is 15.0. The van der Waals surface area contributed by atoms with Crippen LogP contribution < -0.4 is 5.43 Å². The van der Waals surface area contributed by atoms with Crippen LogP contribution in [-0.4, -0.2) is 17.9 Å². The summed E-state index contributed by atoms with van der Waals surface area (Å²) in [5.74, 6) is 0.873. The molecule has 2 heterocycles. The number of hydrazone groups is 1. The van der Waals surface area contributed by atoms with E-state index in [1.54, 1.807) is 36.4 Å². The molecule has 0 aliphatic carbocycles. The Labute approximate surface area is 160 Å². The van der Waals surface area contributed by atoms with Crippen molar-refractivity contribution in [3.8, 4) is 11.3 Å². The average molecular weight is 372 g/mol. The predicted molar refractivity (Wildman–Crippen MR) is 105 cm³/mol. The van der Waals surface area contributed by atoms with Crippen molar-refractivity contribution >= 4 is 28.9 Å². The number of rotatable bonds is 5. The molecule has 1 amide bonds. The molecule has 138 valence electrons. The number of nitrogens with zero attached hydrogens (tertiary/aromatic N) is 1. The smallest absolute Gasteiger partial charge is 0.307 e. The summed E-state index contributed by atoms with van der Waals surface area (Å²) in [6, 6.07) is 19.7. The number of furan rings is 2. The second kappa shape index (κ2) is 7.36. The van der Waals surface area contributed by atoms with Gasteiger partial charge in [-0.05, 0) is 31.2 Å². The summed E-state index contributed by atoms with van der Waals surface area (Å²) in [5.41, 5.74) is 4.55. The molecule has 0 atom stereocenters. The van der Waals surface area contributed by atoms with Gasteiger partial charge in [-0.25, -0.2) is 5.43 Å². The molecule has 6 heteroatoms. The highest BCUT2D eigenvalue weighted by Gasteiger charge is 2.11. The molecular formula is C22H16N2O4. The van der Waals surface area contributed by atoms with Gasteiger partial charge in [0.2, 0.25) is 0 Å². The molecule has 0 spiro atoms. The van der Waals surface area contributed by atoms with E-state index in [0.717, 1.165) is 10.9 Å². The molecule has 0 fully saturated rings. The maximum Gasteiger partial charge on any atom is 0.307 e. The Bertz CT molecular complexity index is 1150. The minimum absolute atomic E-state index is 0.0130. The minimum Gasteiger partial charge on any atom is -0.455 e. The van der Waals surface area contributed by atoms with Gasteiger partial charge in [0.15, 0.2) is 11.5 Å². The molecular weight excluding hydrogens is 356 g/mol. The molecule has 4 aromatic rings. The monoisotopic (exact) mass is 372 g/mol. The Balaban J connectivity index is 1.42. The van der Waals surface area contributed by atoms with Gasteiger partial charge in [-0.2, -0.15) is 5.10 Å². The van der Waals surface area contributed by atoms with Crippen LogP contribution >= 0.6 is 0 Å². The highest BCUT2D eigenvalue weighted by Crippen LogP contribution is 2.22. The summed E-state index contributed by atoms with van der Waals surface area (Å²) >= 11 is 0. The molecule has 2 aromatic heterocycles. The van der Waals surface area contributed by atoms with Gasteiger partial charge in [0, 0.05) is 16.5 Å². The van der Waals surface area contributed by atoms with Gasteiger partial charge in [-0.15, -0.1) is 0 Å². The molecule has 28 heavy (non-hydrogen) atoms. The van der Waals surface area contributed by atoms with Crippen LogP contribution in [0.3, 0.4) is 0 Å². The number of fused-ring (bicyclic) bond motifs is 1. The van der Waals surface area contributed by atoms with E-state index in [9.17, 15) is 9.59 Å². The number of carbonyl (C=O) groups excluding carboxylic acids is 2. The summed E-state index contributed by atoms with van der Waals surface area (Å²) in [7, 11) is 0. The lowest BCUT2D eigenvalue weighted by molar-refractivity contribution is 0.0929. The largest absolute Gasteiger partial charge is 0.455 e. The lowest BCUT2D eigenvalue weighted by Gasteiger charge is -1.98. The Morgan fingerprint density at radius 1 is 0.964 bits per heavy atom. The molecule has 0 radical (unpaired) electrons. The molecule has 2 aromatic carbocycles. The molecule has 0 saturated carbocycles. The lowest BCUT2D eigenvalue weighted by atomic mass is 10.1. The number of para-hydroxylation sites is 1. The van der Waals surface area contributed by atoms with E-state index in [-0.39, 0.29) is 11.5 Å². The van der Waals surface area contributed by atoms with Gasteiger partial charge in [-0.1, -0.05) is 42.5 Å². The molecule has 6 nitrogen and oxygen atoms in total. The van der Waals surface area contributed by atoms with Crippen molar-refractivity contribution < 1.29 is 18.4 Å². The predicted octanol–water partition coefficient (Wildman–Crippen LogP) is 4.66. The van der Waals surface area contributed by atoms with Crippen LogP contribution in [0, 0.1) is 0 Å². The maximum atomic E-state index is 12.1. The number of carbonyl (C=O) groups is 2. The summed E-state index contributed by atoms with van der Waals surface area (Å²) in [6.07, 6.45) is 1.41. The fourth-order valence-corrected chi connectivity index (χ4v) is 2.75. The van der Waals surface area contributed by atoms with Crippen molar-refractivity contribution in [3.63, 3.8) is 0 Å². The van der Waals surface area contributed by atoms with E-state index in [0.29, 0.717) is 22.7 Å². The number of ketones is 1. The maximum absolute atomic E-state index is 12.1. The van der Waals surface area contributed by atoms with E-state index >= 15 is 0 Å². The van der Waals surface area contributed by atoms with Crippen molar-refractivity contribution in [2.24, 2.45) is 5.10 Å². The number of amides is 1. The average Bonchev–Trinajstić information content (AvgIpc) is 3.35. The van der Waals surface area contributed by atoms with E-state index in [2.05, 4.69) is 10.5 Å². The SMILES string of the molecule is CC(=O)c1ccc(-c2ccc(/C=N/NC(=O)c3cc4ccccc4o3)o2)cc1. The Hall–Kier alpha value is -3.93. The van der Waals surface area contributed by atoms with Gasteiger partial charge in [0.25, 0.3) is 0 Å². The van der Waals surface area contributed by atoms with Crippen LogP contribution in [-0.2, 0) is 0 Å². The quantitative estimate of drug-likeness (QED) is 0.314. The van der Waals surface area contributed by atoms with Crippen LogP contribution in [0.25, 0.3) is 22.3 Å². The highest BCUT2D eigenvalue weighted by atomic mass is 16.3. The lowest BCUT2D eigenvalue weighted by Crippen LogP contribution is -2.16. The van der Waals surface area contributed by atoms with Crippen molar-refractivity contribution in [2.75, 3.05) is 0 Å². The van der Waals surface area contributed by atoms with Gasteiger partial charge >= 0.3 is 5.91 Å². The molecule has 0 saturated heterocycles. The summed E-state index contributed by atoms with van der Waals surface area (Å²) < 4.78 is 11.2. The van der Waals surface area contributed by atoms with Crippen molar-refractivity contribution in [1.82, 2.24) is 5.43 Å². The summed E-state index contributed by atoms with van der Waals surface area (Å²) in [6.45, 7) is 1.52. The molecule has 0 aliphatic heterocycles. The Kier molecular flexibility index (Phi) is 4.60. The van der Waals surface area contributed by atoms with Crippen LogP contribution in [0.2, 0.25) is 0 Å². The number of hydrogen-bond acceptors (Lipinski definition) is 5. The number of nitrogens with one attached hydrogen (secondary N) is 1. The fourth-order valence-electron chi connectivity index (χ4n) is 2.75. The third-order valence-electron chi connectivity index (χ3n) is 4.21. The van der Waals surface area contributed by atoms with Crippen molar-refractivity contribution in [1.29, 1.82) is 0 Å². The normalized spacial score (nSPS) is 11.2. The fraction of sp³-hybridized carbons (Fsp3) is 0.0455. The van der Waals surface area contributed by atoms with Crippen molar-refractivity contribution in [2.45, 2.75) is 6.92 Å². The van der Waals surface area contributed by atoms with Gasteiger partial charge < -0.3 is 8.83 Å². The number of benzene rings is 2. The molecule has 1 N–H and O–H groups in total. The minimum atomic E-state index is -0.445. The topological polar surface area (TPSA) is 84.8 Å². The first-order chi connectivity index (χ1) is 13.6. The first kappa shape index (κ1) is 17.5. The highest BCUT2D eigenvalue weighted by molar-refractivity contribution is 5.96. The van der Waals surface area contributed by atoms with Crippen LogP contribution in [0.1, 0.15) is 33.6 Å². The second-order valence-electron chi connectivity index (χ2n) is 6.18.